The van der Waals surface area contributed by atoms with Gasteiger partial charge in [0.1, 0.15) is 5.82 Å². The summed E-state index contributed by atoms with van der Waals surface area (Å²) in [6, 6.07) is 15.6. The van der Waals surface area contributed by atoms with E-state index in [9.17, 15) is 4.79 Å². The molecule has 2 aromatic carbocycles. The van der Waals surface area contributed by atoms with Gasteiger partial charge in [0.05, 0.1) is 0 Å². The lowest BCUT2D eigenvalue weighted by Crippen LogP contribution is -2.19. The van der Waals surface area contributed by atoms with Gasteiger partial charge < -0.3 is 5.32 Å². The number of hydrogen-bond donors (Lipinski definition) is 2. The highest BCUT2D eigenvalue weighted by atomic mass is 16.1. The molecule has 2 aliphatic rings. The van der Waals surface area contributed by atoms with Crippen LogP contribution in [0, 0.1) is 0 Å². The number of likely N-dealkylation sites (tertiary alicyclic amines) is 1. The number of amides is 1. The zero-order valence-corrected chi connectivity index (χ0v) is 16.4. The van der Waals surface area contributed by atoms with Gasteiger partial charge >= 0.3 is 0 Å². The van der Waals surface area contributed by atoms with Gasteiger partial charge in [0.2, 0.25) is 0 Å². The normalized spacial score (nSPS) is 16.8. The summed E-state index contributed by atoms with van der Waals surface area (Å²) in [7, 11) is 0. The van der Waals surface area contributed by atoms with Crippen molar-refractivity contribution in [3.8, 4) is 11.4 Å². The Hall–Kier alpha value is -2.99. The van der Waals surface area contributed by atoms with Crippen molar-refractivity contribution in [1.29, 1.82) is 0 Å². The van der Waals surface area contributed by atoms with Crippen molar-refractivity contribution < 1.29 is 4.79 Å². The Balaban J connectivity index is 1.29. The molecule has 5 rings (SSSR count). The minimum absolute atomic E-state index is 0.0981. The summed E-state index contributed by atoms with van der Waals surface area (Å²) >= 11 is 0. The Kier molecular flexibility index (Phi) is 4.86. The quantitative estimate of drug-likeness (QED) is 0.665. The third-order valence-electron chi connectivity index (χ3n) is 5.64. The first-order chi connectivity index (χ1) is 14.2. The number of anilines is 1. The first-order valence-corrected chi connectivity index (χ1v) is 10.4. The number of carbonyl (C=O) groups excluding carboxylic acids is 1. The average Bonchev–Trinajstić information content (AvgIpc) is 3.24. The standard InChI is InChI=1S/C23H25N5O/c29-23(19-7-3-5-16(13-19)15-28-11-1-2-12-28)24-20-8-4-6-18(14-20)22-25-21(26-27-22)17-9-10-17/h3-8,13-14,17H,1-2,9-12,15H2,(H,24,29)(H,25,26,27). The van der Waals surface area contributed by atoms with Crippen LogP contribution in [0.15, 0.2) is 48.5 Å². The van der Waals surface area contributed by atoms with Gasteiger partial charge in [0.15, 0.2) is 5.82 Å². The van der Waals surface area contributed by atoms with E-state index in [1.165, 1.54) is 31.2 Å². The number of hydrogen-bond acceptors (Lipinski definition) is 4. The van der Waals surface area contributed by atoms with Crippen LogP contribution in [0.1, 0.15) is 53.3 Å². The van der Waals surface area contributed by atoms with Crippen LogP contribution in [0.2, 0.25) is 0 Å². The molecule has 2 heterocycles. The largest absolute Gasteiger partial charge is 0.322 e. The van der Waals surface area contributed by atoms with Gasteiger partial charge in [-0.2, -0.15) is 5.10 Å². The second kappa shape index (κ2) is 7.79. The van der Waals surface area contributed by atoms with E-state index in [1.807, 2.05) is 42.5 Å². The van der Waals surface area contributed by atoms with Crippen LogP contribution in [0.4, 0.5) is 5.69 Å². The van der Waals surface area contributed by atoms with E-state index in [1.54, 1.807) is 0 Å². The molecular weight excluding hydrogens is 362 g/mol. The van der Waals surface area contributed by atoms with Gasteiger partial charge in [-0.3, -0.25) is 14.8 Å². The number of benzene rings is 2. The molecule has 0 spiro atoms. The van der Waals surface area contributed by atoms with E-state index in [2.05, 4.69) is 31.5 Å². The second-order valence-electron chi connectivity index (χ2n) is 8.04. The fourth-order valence-corrected chi connectivity index (χ4v) is 3.89. The Morgan fingerprint density at radius 3 is 2.76 bits per heavy atom. The van der Waals surface area contributed by atoms with Crippen LogP contribution in [-0.4, -0.2) is 39.1 Å². The number of carbonyl (C=O) groups is 1. The smallest absolute Gasteiger partial charge is 0.255 e. The predicted octanol–water partition coefficient (Wildman–Crippen LogP) is 4.20. The first kappa shape index (κ1) is 18.1. The van der Waals surface area contributed by atoms with Crippen molar-refractivity contribution in [2.75, 3.05) is 18.4 Å². The summed E-state index contributed by atoms with van der Waals surface area (Å²) in [6.45, 7) is 3.20. The molecule has 29 heavy (non-hydrogen) atoms. The Morgan fingerprint density at radius 1 is 1.10 bits per heavy atom. The summed E-state index contributed by atoms with van der Waals surface area (Å²) in [5, 5.41) is 10.4. The van der Waals surface area contributed by atoms with Crippen molar-refractivity contribution in [3.05, 3.63) is 65.5 Å². The second-order valence-corrected chi connectivity index (χ2v) is 8.04. The van der Waals surface area contributed by atoms with Crippen molar-refractivity contribution in [1.82, 2.24) is 20.1 Å². The van der Waals surface area contributed by atoms with E-state index in [4.69, 9.17) is 0 Å². The molecular formula is C23H25N5O. The third-order valence-corrected chi connectivity index (χ3v) is 5.64. The molecule has 0 bridgehead atoms. The Labute approximate surface area is 170 Å². The van der Waals surface area contributed by atoms with Gasteiger partial charge in [-0.15, -0.1) is 0 Å². The van der Waals surface area contributed by atoms with Crippen LogP contribution in [0.5, 0.6) is 0 Å². The number of aromatic nitrogens is 3. The Bertz CT molecular complexity index is 1020. The summed E-state index contributed by atoms with van der Waals surface area (Å²) in [6.07, 6.45) is 4.90. The van der Waals surface area contributed by atoms with E-state index in [-0.39, 0.29) is 5.91 Å². The van der Waals surface area contributed by atoms with Gasteiger partial charge in [-0.1, -0.05) is 24.3 Å². The fraction of sp³-hybridized carbons (Fsp3) is 0.348. The lowest BCUT2D eigenvalue weighted by Gasteiger charge is -2.15. The van der Waals surface area contributed by atoms with Crippen LogP contribution in [0.3, 0.4) is 0 Å². The minimum Gasteiger partial charge on any atom is -0.322 e. The number of rotatable bonds is 6. The van der Waals surface area contributed by atoms with Crippen molar-refractivity contribution in [3.63, 3.8) is 0 Å². The maximum atomic E-state index is 12.8. The number of nitrogens with zero attached hydrogens (tertiary/aromatic N) is 3. The number of aromatic amines is 1. The molecule has 2 N–H and O–H groups in total. The van der Waals surface area contributed by atoms with E-state index < -0.39 is 0 Å². The Morgan fingerprint density at radius 2 is 1.93 bits per heavy atom. The summed E-state index contributed by atoms with van der Waals surface area (Å²) in [4.78, 5) is 19.8. The lowest BCUT2D eigenvalue weighted by molar-refractivity contribution is 0.102. The van der Waals surface area contributed by atoms with Crippen molar-refractivity contribution in [2.45, 2.75) is 38.1 Å². The zero-order chi connectivity index (χ0) is 19.6. The van der Waals surface area contributed by atoms with Gasteiger partial charge in [-0.25, -0.2) is 4.98 Å². The highest BCUT2D eigenvalue weighted by Gasteiger charge is 2.27. The van der Waals surface area contributed by atoms with Crippen molar-refractivity contribution >= 4 is 11.6 Å². The maximum Gasteiger partial charge on any atom is 0.255 e. The van der Waals surface area contributed by atoms with Crippen molar-refractivity contribution in [2.24, 2.45) is 0 Å². The van der Waals surface area contributed by atoms with Crippen LogP contribution in [-0.2, 0) is 6.54 Å². The van der Waals surface area contributed by atoms with Crippen LogP contribution < -0.4 is 5.32 Å². The molecule has 1 aromatic heterocycles. The topological polar surface area (TPSA) is 73.9 Å². The molecule has 3 aromatic rings. The minimum atomic E-state index is -0.0981. The van der Waals surface area contributed by atoms with E-state index in [0.29, 0.717) is 17.3 Å². The molecule has 2 fully saturated rings. The molecule has 148 valence electrons. The molecule has 0 radical (unpaired) electrons. The van der Waals surface area contributed by atoms with Gasteiger partial charge in [-0.05, 0) is 68.6 Å². The molecule has 1 aliphatic heterocycles. The zero-order valence-electron chi connectivity index (χ0n) is 16.4. The molecule has 1 amide bonds. The lowest BCUT2D eigenvalue weighted by atomic mass is 10.1. The summed E-state index contributed by atoms with van der Waals surface area (Å²) in [5.41, 5.74) is 3.51. The van der Waals surface area contributed by atoms with E-state index in [0.717, 1.165) is 36.7 Å². The summed E-state index contributed by atoms with van der Waals surface area (Å²) in [5.74, 6) is 2.07. The summed E-state index contributed by atoms with van der Waals surface area (Å²) < 4.78 is 0. The molecule has 0 atom stereocenters. The molecule has 1 aliphatic carbocycles. The predicted molar refractivity (Wildman–Crippen MR) is 113 cm³/mol. The third kappa shape index (κ3) is 4.22. The number of H-pyrrole nitrogens is 1. The van der Waals surface area contributed by atoms with E-state index >= 15 is 0 Å². The maximum absolute atomic E-state index is 12.8. The first-order valence-electron chi connectivity index (χ1n) is 10.4. The number of nitrogens with one attached hydrogen (secondary N) is 2. The monoisotopic (exact) mass is 387 g/mol. The highest BCUT2D eigenvalue weighted by Crippen LogP contribution is 2.38. The molecule has 1 saturated carbocycles. The van der Waals surface area contributed by atoms with Gasteiger partial charge in [0, 0.05) is 29.3 Å². The van der Waals surface area contributed by atoms with Gasteiger partial charge in [0.25, 0.3) is 5.91 Å². The fourth-order valence-electron chi connectivity index (χ4n) is 3.89. The van der Waals surface area contributed by atoms with Crippen LogP contribution >= 0.6 is 0 Å². The molecule has 6 nitrogen and oxygen atoms in total. The molecule has 6 heteroatoms. The average molecular weight is 387 g/mol. The highest BCUT2D eigenvalue weighted by molar-refractivity contribution is 6.04. The SMILES string of the molecule is O=C(Nc1cccc(-c2n[nH]c(C3CC3)n2)c1)c1cccc(CN2CCCC2)c1. The molecule has 0 unspecified atom stereocenters. The van der Waals surface area contributed by atoms with Crippen LogP contribution in [0.25, 0.3) is 11.4 Å². The molecule has 1 saturated heterocycles.